The van der Waals surface area contributed by atoms with E-state index >= 15 is 0 Å². The van der Waals surface area contributed by atoms with E-state index in [2.05, 4.69) is 30.5 Å². The van der Waals surface area contributed by atoms with Crippen molar-refractivity contribution in [2.24, 2.45) is 0 Å². The Kier molecular flexibility index (Phi) is 5.32. The number of morpholine rings is 1. The molecule has 1 saturated heterocycles. The van der Waals surface area contributed by atoms with Crippen LogP contribution >= 0.6 is 0 Å². The summed E-state index contributed by atoms with van der Waals surface area (Å²) in [6.45, 7) is 4.09. The van der Waals surface area contributed by atoms with Crippen LogP contribution in [0.5, 0.6) is 0 Å². The molecule has 1 aliphatic rings. The maximum atomic E-state index is 12.4. The van der Waals surface area contributed by atoms with Crippen LogP contribution in [0.3, 0.4) is 0 Å². The lowest BCUT2D eigenvalue weighted by Gasteiger charge is -2.31. The van der Waals surface area contributed by atoms with Gasteiger partial charge in [0.25, 0.3) is 0 Å². The van der Waals surface area contributed by atoms with E-state index in [0.717, 1.165) is 12.2 Å². The first-order valence-electron chi connectivity index (χ1n) is 8.01. The van der Waals surface area contributed by atoms with Crippen LogP contribution < -0.4 is 5.32 Å². The molecule has 3 heterocycles. The van der Waals surface area contributed by atoms with Gasteiger partial charge in [0.1, 0.15) is 11.9 Å². The second kappa shape index (κ2) is 7.82. The highest BCUT2D eigenvalue weighted by molar-refractivity contribution is 5.76. The van der Waals surface area contributed by atoms with Crippen molar-refractivity contribution in [2.75, 3.05) is 31.6 Å². The molecule has 0 spiro atoms. The van der Waals surface area contributed by atoms with Crippen LogP contribution in [-0.4, -0.2) is 62.2 Å². The van der Waals surface area contributed by atoms with Gasteiger partial charge in [-0.2, -0.15) is 5.10 Å². The topological polar surface area (TPSA) is 109 Å². The van der Waals surface area contributed by atoms with Crippen LogP contribution in [0.15, 0.2) is 18.5 Å². The highest BCUT2D eigenvalue weighted by Crippen LogP contribution is 2.19. The van der Waals surface area contributed by atoms with Crippen molar-refractivity contribution in [1.29, 1.82) is 0 Å². The summed E-state index contributed by atoms with van der Waals surface area (Å²) in [5.41, 5.74) is 0. The second-order valence-electron chi connectivity index (χ2n) is 5.58. The Balaban J connectivity index is 1.43. The molecule has 24 heavy (non-hydrogen) atoms. The molecule has 2 aromatic heterocycles. The standard InChI is InChI=1S/C15H21N7O2/c1-11-19-14(21-20-11)12-10-22(8-9-24-12)13(23)4-2-5-16-15-17-6-3-7-18-15/h3,6-7,12H,2,4-5,8-10H2,1H3,(H,16,17,18)(H,19,20,21). The first-order valence-corrected chi connectivity index (χ1v) is 8.01. The molecular formula is C15H21N7O2. The zero-order valence-electron chi connectivity index (χ0n) is 13.6. The van der Waals surface area contributed by atoms with E-state index in [1.54, 1.807) is 18.5 Å². The van der Waals surface area contributed by atoms with Gasteiger partial charge in [-0.25, -0.2) is 15.0 Å². The number of rotatable bonds is 6. The van der Waals surface area contributed by atoms with Gasteiger partial charge in [0.15, 0.2) is 5.82 Å². The van der Waals surface area contributed by atoms with Gasteiger partial charge >= 0.3 is 0 Å². The van der Waals surface area contributed by atoms with Crippen LogP contribution in [0.1, 0.15) is 30.6 Å². The van der Waals surface area contributed by atoms with Gasteiger partial charge in [0.05, 0.1) is 13.2 Å². The number of hydrogen-bond acceptors (Lipinski definition) is 7. The molecule has 2 N–H and O–H groups in total. The average molecular weight is 331 g/mol. The van der Waals surface area contributed by atoms with E-state index in [4.69, 9.17) is 4.74 Å². The van der Waals surface area contributed by atoms with Crippen LogP contribution in [0.4, 0.5) is 5.95 Å². The van der Waals surface area contributed by atoms with Crippen LogP contribution in [0.2, 0.25) is 0 Å². The molecule has 1 fully saturated rings. The zero-order chi connectivity index (χ0) is 16.8. The zero-order valence-corrected chi connectivity index (χ0v) is 13.6. The van der Waals surface area contributed by atoms with Crippen molar-refractivity contribution in [3.63, 3.8) is 0 Å². The summed E-state index contributed by atoms with van der Waals surface area (Å²) in [5.74, 6) is 2.04. The Bertz CT molecular complexity index is 661. The average Bonchev–Trinajstić information content (AvgIpc) is 3.06. The molecular weight excluding hydrogens is 310 g/mol. The first-order chi connectivity index (χ1) is 11.7. The van der Waals surface area contributed by atoms with Crippen LogP contribution in [0, 0.1) is 6.92 Å². The maximum absolute atomic E-state index is 12.4. The van der Waals surface area contributed by atoms with Gasteiger partial charge in [0.2, 0.25) is 11.9 Å². The van der Waals surface area contributed by atoms with Crippen molar-refractivity contribution in [3.05, 3.63) is 30.1 Å². The molecule has 0 aromatic carbocycles. The fourth-order valence-corrected chi connectivity index (χ4v) is 2.52. The van der Waals surface area contributed by atoms with E-state index in [9.17, 15) is 4.79 Å². The van der Waals surface area contributed by atoms with E-state index in [0.29, 0.717) is 44.4 Å². The van der Waals surface area contributed by atoms with E-state index < -0.39 is 0 Å². The van der Waals surface area contributed by atoms with E-state index in [1.165, 1.54) is 0 Å². The summed E-state index contributed by atoms with van der Waals surface area (Å²) in [7, 11) is 0. The number of anilines is 1. The van der Waals surface area contributed by atoms with Crippen molar-refractivity contribution >= 4 is 11.9 Å². The van der Waals surface area contributed by atoms with Crippen molar-refractivity contribution in [1.82, 2.24) is 30.0 Å². The molecule has 1 aliphatic heterocycles. The molecule has 3 rings (SSSR count). The third-order valence-electron chi connectivity index (χ3n) is 3.74. The normalized spacial score (nSPS) is 17.7. The molecule has 128 valence electrons. The monoisotopic (exact) mass is 331 g/mol. The quantitative estimate of drug-likeness (QED) is 0.750. The second-order valence-corrected chi connectivity index (χ2v) is 5.58. The summed E-state index contributed by atoms with van der Waals surface area (Å²) in [6, 6.07) is 1.76. The van der Waals surface area contributed by atoms with Crippen molar-refractivity contribution < 1.29 is 9.53 Å². The molecule has 9 nitrogen and oxygen atoms in total. The highest BCUT2D eigenvalue weighted by Gasteiger charge is 2.27. The molecule has 1 atom stereocenters. The molecule has 1 amide bonds. The Hall–Kier alpha value is -2.55. The number of ether oxygens (including phenoxy) is 1. The summed E-state index contributed by atoms with van der Waals surface area (Å²) in [5, 5.41) is 10.0. The molecule has 9 heteroatoms. The minimum atomic E-state index is -0.261. The predicted octanol–water partition coefficient (Wildman–Crippen LogP) is 0.695. The van der Waals surface area contributed by atoms with Crippen LogP contribution in [0.25, 0.3) is 0 Å². The Morgan fingerprint density at radius 3 is 3.04 bits per heavy atom. The Morgan fingerprint density at radius 2 is 2.29 bits per heavy atom. The number of carbonyl (C=O) groups excluding carboxylic acids is 1. The minimum absolute atomic E-state index is 0.117. The molecule has 1 unspecified atom stereocenters. The molecule has 0 bridgehead atoms. The number of H-pyrrole nitrogens is 1. The van der Waals surface area contributed by atoms with E-state index in [-0.39, 0.29) is 12.0 Å². The van der Waals surface area contributed by atoms with Gasteiger partial charge in [-0.05, 0) is 19.4 Å². The lowest BCUT2D eigenvalue weighted by molar-refractivity contribution is -0.139. The predicted molar refractivity (Wildman–Crippen MR) is 86.1 cm³/mol. The highest BCUT2D eigenvalue weighted by atomic mass is 16.5. The van der Waals surface area contributed by atoms with Crippen LogP contribution in [-0.2, 0) is 9.53 Å². The largest absolute Gasteiger partial charge is 0.366 e. The number of aromatic nitrogens is 5. The fraction of sp³-hybridized carbons (Fsp3) is 0.533. The number of hydrogen-bond donors (Lipinski definition) is 2. The number of carbonyl (C=O) groups is 1. The van der Waals surface area contributed by atoms with E-state index in [1.807, 2.05) is 11.8 Å². The molecule has 0 saturated carbocycles. The Labute approximate surface area is 139 Å². The third kappa shape index (κ3) is 4.25. The summed E-state index contributed by atoms with van der Waals surface area (Å²) >= 11 is 0. The number of nitrogens with one attached hydrogen (secondary N) is 2. The smallest absolute Gasteiger partial charge is 0.222 e. The molecule has 0 aliphatic carbocycles. The number of aromatic amines is 1. The molecule has 0 radical (unpaired) electrons. The number of amides is 1. The van der Waals surface area contributed by atoms with Crippen molar-refractivity contribution in [3.8, 4) is 0 Å². The Morgan fingerprint density at radius 1 is 1.46 bits per heavy atom. The third-order valence-corrected chi connectivity index (χ3v) is 3.74. The lowest BCUT2D eigenvalue weighted by atomic mass is 10.2. The summed E-state index contributed by atoms with van der Waals surface area (Å²) in [4.78, 5) is 26.6. The van der Waals surface area contributed by atoms with Gasteiger partial charge in [-0.15, -0.1) is 0 Å². The molecule has 2 aromatic rings. The minimum Gasteiger partial charge on any atom is -0.366 e. The first kappa shape index (κ1) is 16.3. The lowest BCUT2D eigenvalue weighted by Crippen LogP contribution is -2.42. The van der Waals surface area contributed by atoms with Gasteiger partial charge in [-0.3, -0.25) is 9.89 Å². The number of aryl methyl sites for hydroxylation is 1. The SMILES string of the molecule is Cc1nc(C2CN(C(=O)CCCNc3ncccn3)CCO2)n[nH]1. The maximum Gasteiger partial charge on any atom is 0.222 e. The van der Waals surface area contributed by atoms with Gasteiger partial charge < -0.3 is 15.0 Å². The number of nitrogens with zero attached hydrogens (tertiary/aromatic N) is 5. The van der Waals surface area contributed by atoms with Gasteiger partial charge in [0, 0.05) is 31.9 Å². The van der Waals surface area contributed by atoms with Gasteiger partial charge in [-0.1, -0.05) is 0 Å². The summed E-state index contributed by atoms with van der Waals surface area (Å²) in [6.07, 6.45) is 4.29. The summed E-state index contributed by atoms with van der Waals surface area (Å²) < 4.78 is 5.67. The fourth-order valence-electron chi connectivity index (χ4n) is 2.52. The van der Waals surface area contributed by atoms with Crippen molar-refractivity contribution in [2.45, 2.75) is 25.9 Å².